The molecule has 1 aliphatic rings. The Labute approximate surface area is 162 Å². The lowest BCUT2D eigenvalue weighted by atomic mass is 10.0. The van der Waals surface area contributed by atoms with Crippen molar-refractivity contribution in [3.63, 3.8) is 0 Å². The molecule has 2 amide bonds. The van der Waals surface area contributed by atoms with Crippen LogP contribution in [0, 0.1) is 0 Å². The highest BCUT2D eigenvalue weighted by molar-refractivity contribution is 8.18. The molecule has 0 radical (unpaired) electrons. The fourth-order valence-corrected chi connectivity index (χ4v) is 3.37. The molecule has 27 heavy (non-hydrogen) atoms. The molecule has 1 aliphatic heterocycles. The van der Waals surface area contributed by atoms with Gasteiger partial charge in [-0.3, -0.25) is 14.9 Å². The Morgan fingerprint density at radius 2 is 1.96 bits per heavy atom. The van der Waals surface area contributed by atoms with Gasteiger partial charge in [0.05, 0.1) is 12.0 Å². The molecular formula is C21H19NO4S. The Morgan fingerprint density at radius 1 is 1.19 bits per heavy atom. The van der Waals surface area contributed by atoms with Gasteiger partial charge in [0.1, 0.15) is 6.61 Å². The molecular weight excluding hydrogens is 362 g/mol. The summed E-state index contributed by atoms with van der Waals surface area (Å²) in [5, 5.41) is 1.88. The van der Waals surface area contributed by atoms with Crippen LogP contribution in [-0.4, -0.2) is 18.3 Å². The van der Waals surface area contributed by atoms with E-state index in [4.69, 9.17) is 9.47 Å². The number of amides is 2. The first kappa shape index (κ1) is 18.8. The summed E-state index contributed by atoms with van der Waals surface area (Å²) < 4.78 is 11.5. The van der Waals surface area contributed by atoms with Crippen LogP contribution in [0.1, 0.15) is 16.7 Å². The van der Waals surface area contributed by atoms with Gasteiger partial charge >= 0.3 is 0 Å². The minimum Gasteiger partial charge on any atom is -0.493 e. The monoisotopic (exact) mass is 381 g/mol. The van der Waals surface area contributed by atoms with Crippen LogP contribution in [0.2, 0.25) is 0 Å². The van der Waals surface area contributed by atoms with Gasteiger partial charge in [0, 0.05) is 5.56 Å². The fraction of sp³-hybridized carbons (Fsp3) is 0.143. The molecule has 0 unspecified atom stereocenters. The second-order valence-corrected chi connectivity index (χ2v) is 6.85. The molecule has 0 saturated carbocycles. The molecule has 5 nitrogen and oxygen atoms in total. The average molecular weight is 381 g/mol. The fourth-order valence-electron chi connectivity index (χ4n) is 2.69. The number of imide groups is 1. The number of nitrogens with one attached hydrogen (secondary N) is 1. The zero-order chi connectivity index (χ0) is 19.2. The van der Waals surface area contributed by atoms with Gasteiger partial charge in [-0.1, -0.05) is 36.4 Å². The molecule has 0 aromatic heterocycles. The number of carbonyl (C=O) groups excluding carboxylic acids is 2. The van der Waals surface area contributed by atoms with Crippen molar-refractivity contribution in [2.75, 3.05) is 7.11 Å². The number of hydrogen-bond acceptors (Lipinski definition) is 5. The van der Waals surface area contributed by atoms with Crippen molar-refractivity contribution < 1.29 is 19.1 Å². The predicted octanol–water partition coefficient (Wildman–Crippen LogP) is 4.33. The van der Waals surface area contributed by atoms with Crippen molar-refractivity contribution in [1.29, 1.82) is 0 Å². The number of carbonyl (C=O) groups is 2. The standard InChI is InChI=1S/C21H19NO4S/c1-3-7-16-10-15(12-18-20(23)22-21(24)27-18)11-17(25-2)19(16)26-13-14-8-5-4-6-9-14/h3-6,8-12H,1,7,13H2,2H3,(H,22,23,24)/b18-12-. The van der Waals surface area contributed by atoms with Crippen molar-refractivity contribution in [2.24, 2.45) is 0 Å². The molecule has 1 saturated heterocycles. The highest BCUT2D eigenvalue weighted by atomic mass is 32.2. The van der Waals surface area contributed by atoms with Crippen molar-refractivity contribution in [1.82, 2.24) is 5.32 Å². The van der Waals surface area contributed by atoms with E-state index >= 15 is 0 Å². The van der Waals surface area contributed by atoms with E-state index in [1.165, 1.54) is 0 Å². The van der Waals surface area contributed by atoms with Crippen LogP contribution in [0.3, 0.4) is 0 Å². The lowest BCUT2D eigenvalue weighted by Crippen LogP contribution is -2.17. The van der Waals surface area contributed by atoms with E-state index in [0.717, 1.165) is 28.5 Å². The molecule has 0 spiro atoms. The topological polar surface area (TPSA) is 64.6 Å². The summed E-state index contributed by atoms with van der Waals surface area (Å²) >= 11 is 0.882. The van der Waals surface area contributed by atoms with Crippen LogP contribution in [-0.2, 0) is 17.8 Å². The van der Waals surface area contributed by atoms with Gasteiger partial charge in [0.2, 0.25) is 0 Å². The summed E-state index contributed by atoms with van der Waals surface area (Å²) in [5.41, 5.74) is 2.69. The van der Waals surface area contributed by atoms with Gasteiger partial charge in [-0.05, 0) is 47.5 Å². The third kappa shape index (κ3) is 4.60. The van der Waals surface area contributed by atoms with E-state index < -0.39 is 5.91 Å². The quantitative estimate of drug-likeness (QED) is 0.571. The van der Waals surface area contributed by atoms with Crippen molar-refractivity contribution in [3.05, 3.63) is 76.7 Å². The first-order valence-corrected chi connectivity index (χ1v) is 9.15. The van der Waals surface area contributed by atoms with E-state index in [1.807, 2.05) is 36.4 Å². The lowest BCUT2D eigenvalue weighted by molar-refractivity contribution is -0.115. The van der Waals surface area contributed by atoms with Gasteiger partial charge in [-0.2, -0.15) is 0 Å². The summed E-state index contributed by atoms with van der Waals surface area (Å²) in [6.45, 7) is 4.21. The summed E-state index contributed by atoms with van der Waals surface area (Å²) in [6.07, 6.45) is 4.03. The summed E-state index contributed by atoms with van der Waals surface area (Å²) in [5.74, 6) is 0.813. The Balaban J connectivity index is 1.93. The van der Waals surface area contributed by atoms with E-state index in [9.17, 15) is 9.59 Å². The van der Waals surface area contributed by atoms with E-state index in [0.29, 0.717) is 29.4 Å². The highest BCUT2D eigenvalue weighted by Gasteiger charge is 2.25. The molecule has 1 N–H and O–H groups in total. The maximum atomic E-state index is 11.8. The molecule has 138 valence electrons. The zero-order valence-corrected chi connectivity index (χ0v) is 15.7. The lowest BCUT2D eigenvalue weighted by Gasteiger charge is -2.16. The predicted molar refractivity (Wildman–Crippen MR) is 107 cm³/mol. The second-order valence-electron chi connectivity index (χ2n) is 5.83. The molecule has 1 heterocycles. The Bertz CT molecular complexity index is 906. The van der Waals surface area contributed by atoms with Crippen LogP contribution < -0.4 is 14.8 Å². The molecule has 2 aromatic rings. The number of benzene rings is 2. The number of allylic oxidation sites excluding steroid dienone is 1. The smallest absolute Gasteiger partial charge is 0.290 e. The summed E-state index contributed by atoms with van der Waals surface area (Å²) in [7, 11) is 1.57. The number of ether oxygens (including phenoxy) is 2. The van der Waals surface area contributed by atoms with Crippen LogP contribution in [0.4, 0.5) is 4.79 Å². The number of rotatable bonds is 7. The van der Waals surface area contributed by atoms with E-state index in [-0.39, 0.29) is 5.24 Å². The Morgan fingerprint density at radius 3 is 2.59 bits per heavy atom. The molecule has 3 rings (SSSR count). The normalized spacial score (nSPS) is 14.9. The molecule has 1 fully saturated rings. The van der Waals surface area contributed by atoms with E-state index in [1.54, 1.807) is 25.3 Å². The number of methoxy groups -OCH3 is 1. The van der Waals surface area contributed by atoms with Gasteiger partial charge in [0.15, 0.2) is 11.5 Å². The van der Waals surface area contributed by atoms with Gasteiger partial charge < -0.3 is 9.47 Å². The maximum absolute atomic E-state index is 11.8. The van der Waals surface area contributed by atoms with Gasteiger partial charge in [-0.15, -0.1) is 6.58 Å². The Kier molecular flexibility index (Phi) is 5.98. The molecule has 6 heteroatoms. The first-order chi connectivity index (χ1) is 13.1. The van der Waals surface area contributed by atoms with Crippen molar-refractivity contribution in [3.8, 4) is 11.5 Å². The first-order valence-electron chi connectivity index (χ1n) is 8.34. The summed E-state index contributed by atoms with van der Waals surface area (Å²) in [6, 6.07) is 13.6. The van der Waals surface area contributed by atoms with Gasteiger partial charge in [0.25, 0.3) is 11.1 Å². The number of thioether (sulfide) groups is 1. The van der Waals surface area contributed by atoms with Crippen molar-refractivity contribution in [2.45, 2.75) is 13.0 Å². The van der Waals surface area contributed by atoms with Crippen molar-refractivity contribution >= 4 is 29.0 Å². The van der Waals surface area contributed by atoms with Crippen LogP contribution in [0.5, 0.6) is 11.5 Å². The largest absolute Gasteiger partial charge is 0.493 e. The third-order valence-electron chi connectivity index (χ3n) is 3.90. The third-order valence-corrected chi connectivity index (χ3v) is 4.71. The summed E-state index contributed by atoms with van der Waals surface area (Å²) in [4.78, 5) is 23.5. The highest BCUT2D eigenvalue weighted by Crippen LogP contribution is 2.36. The van der Waals surface area contributed by atoms with E-state index in [2.05, 4.69) is 11.9 Å². The van der Waals surface area contributed by atoms with Crippen LogP contribution in [0.25, 0.3) is 6.08 Å². The average Bonchev–Trinajstić information content (AvgIpc) is 2.98. The van der Waals surface area contributed by atoms with Crippen LogP contribution in [0.15, 0.2) is 60.0 Å². The minimum atomic E-state index is -0.390. The molecule has 2 aromatic carbocycles. The number of hydrogen-bond donors (Lipinski definition) is 1. The second kappa shape index (κ2) is 8.60. The SMILES string of the molecule is C=CCc1cc(/C=C2\SC(=O)NC2=O)cc(OC)c1OCc1ccccc1. The molecule has 0 atom stereocenters. The van der Waals surface area contributed by atoms with Gasteiger partial charge in [-0.25, -0.2) is 0 Å². The zero-order valence-electron chi connectivity index (χ0n) is 14.9. The molecule has 0 aliphatic carbocycles. The maximum Gasteiger partial charge on any atom is 0.290 e. The molecule has 0 bridgehead atoms. The van der Waals surface area contributed by atoms with Crippen LogP contribution >= 0.6 is 11.8 Å². The minimum absolute atomic E-state index is 0.351. The Hall–Kier alpha value is -2.99.